The summed E-state index contributed by atoms with van der Waals surface area (Å²) < 4.78 is 169. The molecule has 0 aliphatic carbocycles. The van der Waals surface area contributed by atoms with Gasteiger partial charge in [0.25, 0.3) is 0 Å². The van der Waals surface area contributed by atoms with E-state index >= 15 is 0 Å². The summed E-state index contributed by atoms with van der Waals surface area (Å²) in [5, 5.41) is 0. The number of anilines is 2. The summed E-state index contributed by atoms with van der Waals surface area (Å²) in [5.41, 5.74) is 0.953. The minimum atomic E-state index is -5.34. The second kappa shape index (κ2) is 9.40. The van der Waals surface area contributed by atoms with Gasteiger partial charge in [0.05, 0.1) is 22.3 Å². The van der Waals surface area contributed by atoms with Crippen LogP contribution in [-0.4, -0.2) is 0 Å². The molecule has 0 unspecified atom stereocenters. The van der Waals surface area contributed by atoms with E-state index in [4.69, 9.17) is 20.9 Å². The van der Waals surface area contributed by atoms with Gasteiger partial charge in [-0.1, -0.05) is 6.07 Å². The van der Waals surface area contributed by atoms with Crippen molar-refractivity contribution in [3.8, 4) is 23.0 Å². The molecule has 38 heavy (non-hydrogen) atoms. The average molecular weight is 564 g/mol. The molecule has 0 radical (unpaired) electrons. The van der Waals surface area contributed by atoms with Crippen LogP contribution in [-0.2, 0) is 24.7 Å². The standard InChI is InChI=1S/C22H12F12N2O2/c23-19(24,25)11-5-13(21(29,30)31)17(7-15(11)35)37-9-2-1-3-10(4-9)38-18-8-16(36)12(20(26,27)28)6-14(18)22(32,33)34/h1-8H,35-36H2. The van der Waals surface area contributed by atoms with E-state index in [9.17, 15) is 52.7 Å². The molecule has 0 fully saturated rings. The second-order valence-electron chi connectivity index (χ2n) is 7.54. The Hall–Kier alpha value is -3.98. The van der Waals surface area contributed by atoms with E-state index in [2.05, 4.69) is 0 Å². The Bertz CT molecular complexity index is 1240. The van der Waals surface area contributed by atoms with Crippen LogP contribution in [0.4, 0.5) is 64.1 Å². The first kappa shape index (κ1) is 28.6. The number of benzene rings is 3. The highest BCUT2D eigenvalue weighted by Gasteiger charge is 2.42. The van der Waals surface area contributed by atoms with Crippen LogP contribution >= 0.6 is 0 Å². The summed E-state index contributed by atoms with van der Waals surface area (Å²) in [6.45, 7) is 0. The SMILES string of the molecule is Nc1cc(Oc2cccc(Oc3cc(N)c(C(F)(F)F)cc3C(F)(F)F)c2)c(C(F)(F)F)cc1C(F)(F)F. The number of nitrogen functional groups attached to an aromatic ring is 2. The van der Waals surface area contributed by atoms with Crippen molar-refractivity contribution in [2.24, 2.45) is 0 Å². The number of hydrogen-bond donors (Lipinski definition) is 2. The first-order chi connectivity index (χ1) is 17.2. The van der Waals surface area contributed by atoms with Gasteiger partial charge in [-0.25, -0.2) is 0 Å². The van der Waals surface area contributed by atoms with Crippen molar-refractivity contribution in [3.05, 3.63) is 70.8 Å². The van der Waals surface area contributed by atoms with E-state index in [1.54, 1.807) is 0 Å². The Morgan fingerprint density at radius 2 is 0.763 bits per heavy atom. The van der Waals surface area contributed by atoms with Crippen molar-refractivity contribution in [3.63, 3.8) is 0 Å². The molecule has 0 spiro atoms. The van der Waals surface area contributed by atoms with Crippen molar-refractivity contribution in [2.45, 2.75) is 24.7 Å². The number of halogens is 12. The highest BCUT2D eigenvalue weighted by molar-refractivity contribution is 5.59. The molecule has 0 aliphatic rings. The Labute approximate surface area is 204 Å². The minimum absolute atomic E-state index is 0.261. The molecule has 0 aromatic heterocycles. The number of hydrogen-bond acceptors (Lipinski definition) is 4. The summed E-state index contributed by atoms with van der Waals surface area (Å²) >= 11 is 0. The number of rotatable bonds is 4. The number of ether oxygens (including phenoxy) is 2. The Morgan fingerprint density at radius 1 is 0.447 bits per heavy atom. The lowest BCUT2D eigenvalue weighted by Gasteiger charge is -2.19. The highest BCUT2D eigenvalue weighted by atomic mass is 19.4. The molecular weight excluding hydrogens is 552 g/mol. The number of nitrogens with two attached hydrogens (primary N) is 2. The van der Waals surface area contributed by atoms with Gasteiger partial charge in [0.15, 0.2) is 0 Å². The molecule has 3 rings (SSSR count). The van der Waals surface area contributed by atoms with Crippen LogP contribution < -0.4 is 20.9 Å². The summed E-state index contributed by atoms with van der Waals surface area (Å²) in [7, 11) is 0. The maximum atomic E-state index is 13.4. The largest absolute Gasteiger partial charge is 0.457 e. The lowest BCUT2D eigenvalue weighted by molar-refractivity contribution is -0.144. The van der Waals surface area contributed by atoms with Gasteiger partial charge in [-0.2, -0.15) is 52.7 Å². The third kappa shape index (κ3) is 6.28. The second-order valence-corrected chi connectivity index (χ2v) is 7.54. The smallest absolute Gasteiger partial charge is 0.420 e. The Morgan fingerprint density at radius 3 is 1.05 bits per heavy atom. The zero-order chi connectivity index (χ0) is 28.8. The van der Waals surface area contributed by atoms with Gasteiger partial charge in [-0.15, -0.1) is 0 Å². The third-order valence-electron chi connectivity index (χ3n) is 4.79. The van der Waals surface area contributed by atoms with Gasteiger partial charge in [0.2, 0.25) is 0 Å². The first-order valence-electron chi connectivity index (χ1n) is 9.79. The van der Waals surface area contributed by atoms with Crippen LogP contribution in [0.5, 0.6) is 23.0 Å². The van der Waals surface area contributed by atoms with Crippen molar-refractivity contribution in [1.82, 2.24) is 0 Å². The van der Waals surface area contributed by atoms with E-state index in [0.717, 1.165) is 24.3 Å². The monoisotopic (exact) mass is 564 g/mol. The van der Waals surface area contributed by atoms with E-state index in [1.807, 2.05) is 0 Å². The normalized spacial score (nSPS) is 12.9. The van der Waals surface area contributed by atoms with Gasteiger partial charge in [0, 0.05) is 29.6 Å². The van der Waals surface area contributed by atoms with E-state index in [-0.39, 0.29) is 24.3 Å². The van der Waals surface area contributed by atoms with Crippen LogP contribution in [0.3, 0.4) is 0 Å². The molecule has 0 saturated carbocycles. The predicted molar refractivity (Wildman–Crippen MR) is 108 cm³/mol. The van der Waals surface area contributed by atoms with Gasteiger partial charge in [-0.05, 0) is 24.3 Å². The van der Waals surface area contributed by atoms with Crippen LogP contribution in [0.1, 0.15) is 22.3 Å². The molecule has 206 valence electrons. The number of alkyl halides is 12. The summed E-state index contributed by atoms with van der Waals surface area (Å²) in [6.07, 6.45) is -21.1. The average Bonchev–Trinajstić information content (AvgIpc) is 2.70. The lowest BCUT2D eigenvalue weighted by atomic mass is 10.1. The zero-order valence-corrected chi connectivity index (χ0v) is 18.1. The van der Waals surface area contributed by atoms with Crippen LogP contribution in [0.15, 0.2) is 48.5 Å². The molecular formula is C22H12F12N2O2. The molecule has 0 atom stereocenters. The van der Waals surface area contributed by atoms with Crippen LogP contribution in [0.2, 0.25) is 0 Å². The molecule has 0 amide bonds. The third-order valence-corrected chi connectivity index (χ3v) is 4.79. The molecule has 0 bridgehead atoms. The lowest BCUT2D eigenvalue weighted by Crippen LogP contribution is -2.14. The summed E-state index contributed by atoms with van der Waals surface area (Å²) in [4.78, 5) is 0. The van der Waals surface area contributed by atoms with Crippen molar-refractivity contribution < 1.29 is 62.2 Å². The summed E-state index contributed by atoms with van der Waals surface area (Å²) in [5.74, 6) is -3.45. The molecule has 3 aromatic carbocycles. The molecule has 0 saturated heterocycles. The van der Waals surface area contributed by atoms with Crippen molar-refractivity contribution >= 4 is 11.4 Å². The molecule has 4 N–H and O–H groups in total. The van der Waals surface area contributed by atoms with E-state index in [1.165, 1.54) is 0 Å². The molecule has 4 nitrogen and oxygen atoms in total. The van der Waals surface area contributed by atoms with Gasteiger partial charge in [0.1, 0.15) is 23.0 Å². The fraction of sp³-hybridized carbons (Fsp3) is 0.182. The van der Waals surface area contributed by atoms with Crippen molar-refractivity contribution in [2.75, 3.05) is 11.5 Å². The fourth-order valence-electron chi connectivity index (χ4n) is 3.15. The Kier molecular flexibility index (Phi) is 7.07. The van der Waals surface area contributed by atoms with E-state index in [0.29, 0.717) is 0 Å². The van der Waals surface area contributed by atoms with E-state index < -0.39 is 81.3 Å². The maximum absolute atomic E-state index is 13.4. The first-order valence-corrected chi connectivity index (χ1v) is 9.79. The predicted octanol–water partition coefficient (Wildman–Crippen LogP) is 8.51. The minimum Gasteiger partial charge on any atom is -0.457 e. The van der Waals surface area contributed by atoms with Crippen molar-refractivity contribution in [1.29, 1.82) is 0 Å². The molecule has 0 aliphatic heterocycles. The van der Waals surface area contributed by atoms with Gasteiger partial charge in [-0.3, -0.25) is 0 Å². The zero-order valence-electron chi connectivity index (χ0n) is 18.1. The quantitative estimate of drug-likeness (QED) is 0.246. The molecule has 16 heteroatoms. The highest BCUT2D eigenvalue weighted by Crippen LogP contribution is 2.46. The fourth-order valence-corrected chi connectivity index (χ4v) is 3.15. The van der Waals surface area contributed by atoms with Crippen LogP contribution in [0.25, 0.3) is 0 Å². The Balaban J connectivity index is 2.03. The van der Waals surface area contributed by atoms with Gasteiger partial charge >= 0.3 is 24.7 Å². The van der Waals surface area contributed by atoms with Crippen LogP contribution in [0, 0.1) is 0 Å². The molecule has 3 aromatic rings. The molecule has 0 heterocycles. The van der Waals surface area contributed by atoms with Gasteiger partial charge < -0.3 is 20.9 Å². The summed E-state index contributed by atoms with van der Waals surface area (Å²) in [6, 6.07) is 3.69. The maximum Gasteiger partial charge on any atom is 0.420 e. The topological polar surface area (TPSA) is 70.5 Å².